The maximum absolute atomic E-state index is 10.9. The zero-order valence-electron chi connectivity index (χ0n) is 9.34. The van der Waals surface area contributed by atoms with Crippen LogP contribution in [0.5, 0.6) is 0 Å². The molecule has 2 rings (SSSR count). The molecule has 1 aromatic rings. The van der Waals surface area contributed by atoms with E-state index in [1.807, 2.05) is 4.90 Å². The molecule has 16 heavy (non-hydrogen) atoms. The molecule has 0 amide bonds. The summed E-state index contributed by atoms with van der Waals surface area (Å²) >= 11 is 0. The second-order valence-electron chi connectivity index (χ2n) is 4.24. The summed E-state index contributed by atoms with van der Waals surface area (Å²) in [6.07, 6.45) is 3.53. The minimum atomic E-state index is 0.0774. The van der Waals surface area contributed by atoms with E-state index in [9.17, 15) is 9.90 Å². The Balaban J connectivity index is 2.33. The van der Waals surface area contributed by atoms with Crippen molar-refractivity contribution in [1.82, 2.24) is 4.98 Å². The number of hydrogen-bond acceptors (Lipinski definition) is 4. The molecule has 4 heteroatoms. The number of carbonyl (C=O) groups excluding carboxylic acids is 1. The molecule has 1 N–H and O–H groups in total. The summed E-state index contributed by atoms with van der Waals surface area (Å²) in [6.45, 7) is 3.07. The lowest BCUT2D eigenvalue weighted by atomic mass is 10.0. The Morgan fingerprint density at radius 2 is 2.50 bits per heavy atom. The fourth-order valence-corrected chi connectivity index (χ4v) is 2.29. The molecule has 0 saturated carbocycles. The SMILES string of the molecule is CC1CCN(c2ncccc2C=O)C1CO. The second-order valence-corrected chi connectivity index (χ2v) is 4.24. The number of anilines is 1. The summed E-state index contributed by atoms with van der Waals surface area (Å²) < 4.78 is 0. The molecule has 1 aromatic heterocycles. The predicted molar refractivity (Wildman–Crippen MR) is 61.6 cm³/mol. The molecule has 86 valence electrons. The van der Waals surface area contributed by atoms with E-state index < -0.39 is 0 Å². The lowest BCUT2D eigenvalue weighted by Crippen LogP contribution is -2.36. The molecule has 0 spiro atoms. The zero-order valence-corrected chi connectivity index (χ0v) is 9.34. The highest BCUT2D eigenvalue weighted by atomic mass is 16.3. The van der Waals surface area contributed by atoms with Gasteiger partial charge in [0.2, 0.25) is 0 Å². The van der Waals surface area contributed by atoms with E-state index in [1.54, 1.807) is 18.3 Å². The lowest BCUT2D eigenvalue weighted by Gasteiger charge is -2.27. The smallest absolute Gasteiger partial charge is 0.153 e. The van der Waals surface area contributed by atoms with Crippen LogP contribution in [-0.2, 0) is 0 Å². The molecule has 0 radical (unpaired) electrons. The minimum Gasteiger partial charge on any atom is -0.394 e. The quantitative estimate of drug-likeness (QED) is 0.775. The molecule has 1 aliphatic heterocycles. The third-order valence-corrected chi connectivity index (χ3v) is 3.29. The van der Waals surface area contributed by atoms with Gasteiger partial charge in [0.25, 0.3) is 0 Å². The number of aromatic nitrogens is 1. The summed E-state index contributed by atoms with van der Waals surface area (Å²) in [5.41, 5.74) is 0.593. The van der Waals surface area contributed by atoms with Crippen LogP contribution in [0.1, 0.15) is 23.7 Å². The summed E-state index contributed by atoms with van der Waals surface area (Å²) in [5.74, 6) is 1.13. The number of aliphatic hydroxyl groups excluding tert-OH is 1. The first-order valence-electron chi connectivity index (χ1n) is 5.55. The molecule has 2 unspecified atom stereocenters. The fourth-order valence-electron chi connectivity index (χ4n) is 2.29. The Morgan fingerprint density at radius 1 is 1.69 bits per heavy atom. The average molecular weight is 220 g/mol. The van der Waals surface area contributed by atoms with E-state index in [1.165, 1.54) is 0 Å². The number of carbonyl (C=O) groups is 1. The standard InChI is InChI=1S/C12H16N2O2/c1-9-4-6-14(11(9)8-16)12-10(7-15)3-2-5-13-12/h2-3,5,7,9,11,16H,4,6,8H2,1H3. The van der Waals surface area contributed by atoms with Crippen molar-refractivity contribution in [2.45, 2.75) is 19.4 Å². The van der Waals surface area contributed by atoms with Crippen LogP contribution >= 0.6 is 0 Å². The maximum atomic E-state index is 10.9. The Morgan fingerprint density at radius 3 is 3.19 bits per heavy atom. The van der Waals surface area contributed by atoms with E-state index in [2.05, 4.69) is 11.9 Å². The van der Waals surface area contributed by atoms with Crippen LogP contribution < -0.4 is 4.90 Å². The van der Waals surface area contributed by atoms with Gasteiger partial charge < -0.3 is 10.0 Å². The molecule has 2 heterocycles. The van der Waals surface area contributed by atoms with Gasteiger partial charge in [0, 0.05) is 12.7 Å². The zero-order chi connectivity index (χ0) is 11.5. The third kappa shape index (κ3) is 1.80. The summed E-state index contributed by atoms with van der Waals surface area (Å²) in [6, 6.07) is 3.58. The number of nitrogens with zero attached hydrogens (tertiary/aromatic N) is 2. The van der Waals surface area contributed by atoms with Crippen LogP contribution in [0, 0.1) is 5.92 Å². The number of pyridine rings is 1. The second kappa shape index (κ2) is 4.61. The Labute approximate surface area is 94.9 Å². The van der Waals surface area contributed by atoms with Crippen molar-refractivity contribution in [1.29, 1.82) is 0 Å². The highest BCUT2D eigenvalue weighted by Gasteiger charge is 2.32. The maximum Gasteiger partial charge on any atom is 0.153 e. The summed E-state index contributed by atoms with van der Waals surface area (Å²) in [4.78, 5) is 17.2. The Kier molecular flexibility index (Phi) is 3.19. The van der Waals surface area contributed by atoms with Gasteiger partial charge in [0.1, 0.15) is 5.82 Å². The molecule has 4 nitrogen and oxygen atoms in total. The van der Waals surface area contributed by atoms with Gasteiger partial charge in [-0.25, -0.2) is 4.98 Å². The predicted octanol–water partition coefficient (Wildman–Crippen LogP) is 1.10. The van der Waals surface area contributed by atoms with Gasteiger partial charge in [-0.05, 0) is 24.5 Å². The highest BCUT2D eigenvalue weighted by molar-refractivity contribution is 5.82. The van der Waals surface area contributed by atoms with Crippen molar-refractivity contribution >= 4 is 12.1 Å². The van der Waals surface area contributed by atoms with Crippen LogP contribution in [0.3, 0.4) is 0 Å². The van der Waals surface area contributed by atoms with Crippen molar-refractivity contribution in [3.05, 3.63) is 23.9 Å². The van der Waals surface area contributed by atoms with E-state index in [0.29, 0.717) is 17.3 Å². The van der Waals surface area contributed by atoms with Crippen LogP contribution in [0.15, 0.2) is 18.3 Å². The van der Waals surface area contributed by atoms with Gasteiger partial charge in [-0.15, -0.1) is 0 Å². The number of hydrogen-bond donors (Lipinski definition) is 1. The summed E-state index contributed by atoms with van der Waals surface area (Å²) in [7, 11) is 0. The molecule has 1 saturated heterocycles. The molecule has 1 aliphatic rings. The molecule has 2 atom stereocenters. The monoisotopic (exact) mass is 220 g/mol. The van der Waals surface area contributed by atoms with E-state index in [0.717, 1.165) is 19.3 Å². The third-order valence-electron chi connectivity index (χ3n) is 3.29. The van der Waals surface area contributed by atoms with Gasteiger partial charge in [-0.2, -0.15) is 0 Å². The number of aldehydes is 1. The largest absolute Gasteiger partial charge is 0.394 e. The van der Waals surface area contributed by atoms with Crippen molar-refractivity contribution in [3.63, 3.8) is 0 Å². The molecule has 0 aromatic carbocycles. The van der Waals surface area contributed by atoms with Crippen molar-refractivity contribution in [2.24, 2.45) is 5.92 Å². The van der Waals surface area contributed by atoms with Gasteiger partial charge in [0.15, 0.2) is 6.29 Å². The van der Waals surface area contributed by atoms with Crippen LogP contribution in [0.4, 0.5) is 5.82 Å². The lowest BCUT2D eigenvalue weighted by molar-refractivity contribution is 0.112. The first-order valence-corrected chi connectivity index (χ1v) is 5.55. The van der Waals surface area contributed by atoms with Crippen LogP contribution in [-0.4, -0.2) is 35.6 Å². The van der Waals surface area contributed by atoms with Crippen molar-refractivity contribution < 1.29 is 9.90 Å². The van der Waals surface area contributed by atoms with E-state index >= 15 is 0 Å². The first kappa shape index (κ1) is 11.1. The van der Waals surface area contributed by atoms with E-state index in [4.69, 9.17) is 0 Å². The molecule has 0 bridgehead atoms. The molecular weight excluding hydrogens is 204 g/mol. The van der Waals surface area contributed by atoms with Crippen molar-refractivity contribution in [2.75, 3.05) is 18.1 Å². The van der Waals surface area contributed by atoms with Gasteiger partial charge in [-0.1, -0.05) is 6.92 Å². The van der Waals surface area contributed by atoms with Crippen LogP contribution in [0.2, 0.25) is 0 Å². The van der Waals surface area contributed by atoms with Crippen LogP contribution in [0.25, 0.3) is 0 Å². The van der Waals surface area contributed by atoms with Gasteiger partial charge in [-0.3, -0.25) is 4.79 Å². The van der Waals surface area contributed by atoms with Crippen molar-refractivity contribution in [3.8, 4) is 0 Å². The topological polar surface area (TPSA) is 53.4 Å². The van der Waals surface area contributed by atoms with Gasteiger partial charge in [0.05, 0.1) is 18.2 Å². The molecular formula is C12H16N2O2. The Hall–Kier alpha value is -1.42. The Bertz CT molecular complexity index is 381. The average Bonchev–Trinajstić information content (AvgIpc) is 2.70. The van der Waals surface area contributed by atoms with E-state index in [-0.39, 0.29) is 12.6 Å². The number of rotatable bonds is 3. The minimum absolute atomic E-state index is 0.0774. The first-order chi connectivity index (χ1) is 7.77. The molecule has 0 aliphatic carbocycles. The highest BCUT2D eigenvalue weighted by Crippen LogP contribution is 2.29. The normalized spacial score (nSPS) is 24.8. The summed E-state index contributed by atoms with van der Waals surface area (Å²) in [5, 5.41) is 9.37. The number of aliphatic hydroxyl groups is 1. The van der Waals surface area contributed by atoms with Gasteiger partial charge >= 0.3 is 0 Å². The fraction of sp³-hybridized carbons (Fsp3) is 0.500. The molecule has 1 fully saturated rings.